The minimum atomic E-state index is -5.30. The smallest absolute Gasteiger partial charge is 0.453 e. The molecule has 0 N–H and O–H groups in total. The third kappa shape index (κ3) is 6.71. The van der Waals surface area contributed by atoms with Crippen molar-refractivity contribution in [3.63, 3.8) is 0 Å². The summed E-state index contributed by atoms with van der Waals surface area (Å²) in [6.45, 7) is 2.21. The van der Waals surface area contributed by atoms with E-state index in [9.17, 15) is 26.3 Å². The van der Waals surface area contributed by atoms with E-state index in [0.29, 0.717) is 36.8 Å². The summed E-state index contributed by atoms with van der Waals surface area (Å²) >= 11 is 0. The van der Waals surface area contributed by atoms with Crippen molar-refractivity contribution in [3.05, 3.63) is 53.1 Å². The molecule has 0 aromatic heterocycles. The average Bonchev–Trinajstić information content (AvgIpc) is 2.84. The Balaban J connectivity index is 1.43. The molecule has 0 heterocycles. The summed E-state index contributed by atoms with van der Waals surface area (Å²) in [6, 6.07) is 4.04. The Hall–Kier alpha value is -2.45. The summed E-state index contributed by atoms with van der Waals surface area (Å²) in [7, 11) is 0. The monoisotopic (exact) mass is 531 g/mol. The fourth-order valence-electron chi connectivity index (χ4n) is 6.11. The van der Waals surface area contributed by atoms with E-state index in [1.54, 1.807) is 0 Å². The van der Waals surface area contributed by atoms with Crippen molar-refractivity contribution in [2.24, 2.45) is 17.8 Å². The number of alkyl halides is 3. The molecule has 0 atom stereocenters. The van der Waals surface area contributed by atoms with Gasteiger partial charge in [-0.3, -0.25) is 0 Å². The van der Waals surface area contributed by atoms with E-state index in [0.717, 1.165) is 24.8 Å². The Morgan fingerprint density at radius 3 is 1.95 bits per heavy atom. The molecule has 2 aliphatic rings. The van der Waals surface area contributed by atoms with Crippen LogP contribution in [0.25, 0.3) is 0 Å². The fourth-order valence-corrected chi connectivity index (χ4v) is 6.11. The summed E-state index contributed by atoms with van der Waals surface area (Å²) in [6.07, 6.45) is 5.08. The lowest BCUT2D eigenvalue weighted by Gasteiger charge is -2.38. The third-order valence-corrected chi connectivity index (χ3v) is 7.87. The van der Waals surface area contributed by atoms with Crippen molar-refractivity contribution >= 4 is 0 Å². The molecular weight excluding hydrogens is 501 g/mol. The van der Waals surface area contributed by atoms with Gasteiger partial charge in [0.25, 0.3) is 0 Å². The van der Waals surface area contributed by atoms with Crippen LogP contribution in [0.5, 0.6) is 17.2 Å². The van der Waals surface area contributed by atoms with Gasteiger partial charge >= 0.3 is 6.36 Å². The summed E-state index contributed by atoms with van der Waals surface area (Å²) < 4.78 is 104. The molecule has 0 spiro atoms. The molecule has 0 bridgehead atoms. The predicted molar refractivity (Wildman–Crippen MR) is 123 cm³/mol. The van der Waals surface area contributed by atoms with Gasteiger partial charge in [-0.25, -0.2) is 17.6 Å². The maximum absolute atomic E-state index is 15.3. The molecule has 2 saturated carbocycles. The van der Waals surface area contributed by atoms with Gasteiger partial charge in [-0.05, 0) is 68.3 Å². The average molecular weight is 532 g/mol. The topological polar surface area (TPSA) is 18.5 Å². The molecular formula is C28H30F7O2. The number of hydrogen-bond acceptors (Lipinski definition) is 2. The Labute approximate surface area is 212 Å². The first-order valence-electron chi connectivity index (χ1n) is 12.9. The lowest BCUT2D eigenvalue weighted by molar-refractivity contribution is -0.276. The van der Waals surface area contributed by atoms with Crippen molar-refractivity contribution in [3.8, 4) is 17.2 Å². The number of benzene rings is 2. The molecule has 0 amide bonds. The molecule has 4 rings (SSSR count). The Morgan fingerprint density at radius 1 is 0.838 bits per heavy atom. The molecule has 2 aromatic rings. The summed E-state index contributed by atoms with van der Waals surface area (Å²) in [4.78, 5) is 0. The van der Waals surface area contributed by atoms with E-state index in [1.807, 2.05) is 0 Å². The number of ether oxygens (including phenoxy) is 2. The van der Waals surface area contributed by atoms with E-state index in [2.05, 4.69) is 17.7 Å². The highest BCUT2D eigenvalue weighted by Gasteiger charge is 2.35. The van der Waals surface area contributed by atoms with E-state index in [-0.39, 0.29) is 11.5 Å². The summed E-state index contributed by atoms with van der Waals surface area (Å²) in [5.74, 6) is -6.39. The molecule has 2 fully saturated rings. The van der Waals surface area contributed by atoms with Crippen LogP contribution in [0.4, 0.5) is 30.7 Å². The van der Waals surface area contributed by atoms with Gasteiger partial charge in [0.2, 0.25) is 5.75 Å². The van der Waals surface area contributed by atoms with Gasteiger partial charge in [-0.1, -0.05) is 32.6 Å². The fraction of sp³-hybridized carbons (Fsp3) is 0.571. The van der Waals surface area contributed by atoms with Gasteiger partial charge in [0.1, 0.15) is 11.6 Å². The highest BCUT2D eigenvalue weighted by atomic mass is 19.4. The molecule has 2 aliphatic carbocycles. The quantitative estimate of drug-likeness (QED) is 0.331. The highest BCUT2D eigenvalue weighted by molar-refractivity contribution is 5.40. The second-order valence-electron chi connectivity index (χ2n) is 10.2. The zero-order chi connectivity index (χ0) is 26.7. The van der Waals surface area contributed by atoms with Crippen LogP contribution in [0.3, 0.4) is 0 Å². The van der Waals surface area contributed by atoms with Gasteiger partial charge in [0.15, 0.2) is 23.2 Å². The minimum absolute atomic E-state index is 0.156. The first-order chi connectivity index (χ1) is 17.6. The second kappa shape index (κ2) is 11.5. The van der Waals surface area contributed by atoms with Crippen molar-refractivity contribution in [1.29, 1.82) is 0 Å². The van der Waals surface area contributed by atoms with Crippen LogP contribution >= 0.6 is 0 Å². The zero-order valence-electron chi connectivity index (χ0n) is 20.6. The molecule has 0 aliphatic heterocycles. The number of rotatable bonds is 7. The van der Waals surface area contributed by atoms with Crippen LogP contribution in [-0.2, 0) is 0 Å². The summed E-state index contributed by atoms with van der Waals surface area (Å²) in [5, 5.41) is 0. The third-order valence-electron chi connectivity index (χ3n) is 7.87. The van der Waals surface area contributed by atoms with Gasteiger partial charge in [-0.15, -0.1) is 13.2 Å². The maximum atomic E-state index is 15.3. The van der Waals surface area contributed by atoms with Crippen molar-refractivity contribution in [1.82, 2.24) is 0 Å². The maximum Gasteiger partial charge on any atom is 0.573 e. The second-order valence-corrected chi connectivity index (χ2v) is 10.2. The van der Waals surface area contributed by atoms with Gasteiger partial charge < -0.3 is 9.47 Å². The Bertz CT molecular complexity index is 1050. The van der Waals surface area contributed by atoms with Crippen LogP contribution in [0.2, 0.25) is 0 Å². The van der Waals surface area contributed by atoms with E-state index in [1.165, 1.54) is 38.5 Å². The molecule has 9 heteroatoms. The van der Waals surface area contributed by atoms with Crippen LogP contribution in [0, 0.1) is 47.1 Å². The largest absolute Gasteiger partial charge is 0.573 e. The predicted octanol–water partition coefficient (Wildman–Crippen LogP) is 9.61. The molecule has 2 aromatic carbocycles. The van der Waals surface area contributed by atoms with Crippen molar-refractivity contribution in [2.75, 3.05) is 0 Å². The van der Waals surface area contributed by atoms with Gasteiger partial charge in [0.05, 0.1) is 0 Å². The van der Waals surface area contributed by atoms with E-state index >= 15 is 4.39 Å². The molecule has 2 nitrogen and oxygen atoms in total. The van der Waals surface area contributed by atoms with Crippen molar-refractivity contribution in [2.45, 2.75) is 83.4 Å². The summed E-state index contributed by atoms with van der Waals surface area (Å²) in [5.41, 5.74) is -0.156. The standard InChI is InChI=1S/C28H30F7O2/c1-2-3-16-4-6-17(7-5-16)18-8-10-19(11-9-18)25-21(29)12-13-24(26(25)32)36-20-14-22(30)27(23(31)15-20)37-28(33,34)35/h12,14-19H,2-11H2,1H3/t16-,17-,18?,19?. The number of hydrogen-bond donors (Lipinski definition) is 0. The molecule has 203 valence electrons. The normalized spacial score (nSPS) is 24.6. The minimum Gasteiger partial charge on any atom is -0.453 e. The van der Waals surface area contributed by atoms with Gasteiger partial charge in [0, 0.05) is 23.8 Å². The van der Waals surface area contributed by atoms with Crippen LogP contribution in [-0.4, -0.2) is 6.36 Å². The van der Waals surface area contributed by atoms with Gasteiger partial charge in [-0.2, -0.15) is 0 Å². The van der Waals surface area contributed by atoms with Crippen molar-refractivity contribution < 1.29 is 40.2 Å². The molecule has 0 unspecified atom stereocenters. The first-order valence-corrected chi connectivity index (χ1v) is 12.9. The van der Waals surface area contributed by atoms with E-state index < -0.39 is 46.9 Å². The highest BCUT2D eigenvalue weighted by Crippen LogP contribution is 2.46. The Kier molecular flexibility index (Phi) is 8.59. The SMILES string of the molecule is CCC[C@H]1CC[C@H](C2CCC(c3c(F)c[c]c(Oc4cc(F)c(OC(F)(F)F)c(F)c4)c3F)CC2)CC1. The first kappa shape index (κ1) is 27.6. The Morgan fingerprint density at radius 2 is 1.41 bits per heavy atom. The lowest BCUT2D eigenvalue weighted by atomic mass is 9.68. The van der Waals surface area contributed by atoms with E-state index in [4.69, 9.17) is 4.74 Å². The van der Waals surface area contributed by atoms with Crippen LogP contribution in [0.1, 0.15) is 82.6 Å². The number of halogens is 7. The molecule has 37 heavy (non-hydrogen) atoms. The molecule has 1 radical (unpaired) electrons. The van der Waals surface area contributed by atoms with Crippen LogP contribution in [0.15, 0.2) is 18.2 Å². The molecule has 0 saturated heterocycles. The van der Waals surface area contributed by atoms with Crippen LogP contribution < -0.4 is 9.47 Å². The zero-order valence-corrected chi connectivity index (χ0v) is 20.6. The lowest BCUT2D eigenvalue weighted by Crippen LogP contribution is -2.26.